The first-order chi connectivity index (χ1) is 9.50. The van der Waals surface area contributed by atoms with Crippen molar-refractivity contribution in [3.05, 3.63) is 35.4 Å². The maximum absolute atomic E-state index is 9.43. The van der Waals surface area contributed by atoms with Gasteiger partial charge in [-0.25, -0.2) is 0 Å². The van der Waals surface area contributed by atoms with Gasteiger partial charge >= 0.3 is 0 Å². The van der Waals surface area contributed by atoms with Crippen molar-refractivity contribution in [3.8, 4) is 6.07 Å². The molecule has 1 aliphatic heterocycles. The van der Waals surface area contributed by atoms with Crippen LogP contribution < -0.4 is 0 Å². The summed E-state index contributed by atoms with van der Waals surface area (Å²) in [5.41, 5.74) is 2.58. The van der Waals surface area contributed by atoms with Gasteiger partial charge in [0.1, 0.15) is 0 Å². The van der Waals surface area contributed by atoms with Crippen LogP contribution in [0.15, 0.2) is 24.3 Å². The van der Waals surface area contributed by atoms with Gasteiger partial charge in [-0.2, -0.15) is 5.26 Å². The van der Waals surface area contributed by atoms with E-state index in [0.29, 0.717) is 0 Å². The van der Waals surface area contributed by atoms with Crippen molar-refractivity contribution in [2.45, 2.75) is 32.1 Å². The molecule has 3 heteroatoms. The van der Waals surface area contributed by atoms with E-state index in [-0.39, 0.29) is 11.3 Å². The molecule has 1 heterocycles. The normalized spacial score (nSPS) is 18.5. The number of nitriles is 1. The van der Waals surface area contributed by atoms with E-state index in [0.717, 1.165) is 38.4 Å². The molecule has 0 amide bonds. The Morgan fingerprint density at radius 1 is 1.20 bits per heavy atom. The minimum Gasteiger partial charge on any atom is -0.379 e. The second-order valence-corrected chi connectivity index (χ2v) is 6.47. The zero-order valence-electron chi connectivity index (χ0n) is 12.7. The predicted octanol–water partition coefficient (Wildman–Crippen LogP) is 2.92. The first-order valence-corrected chi connectivity index (χ1v) is 7.31. The molecule has 0 N–H and O–H groups in total. The third-order valence-corrected chi connectivity index (χ3v) is 3.88. The summed E-state index contributed by atoms with van der Waals surface area (Å²) in [6.07, 6.45) is 0. The SMILES string of the molecule is CC(C)(C)c1ccc(C(C#N)CN2CCOCC2)cc1. The topological polar surface area (TPSA) is 36.3 Å². The lowest BCUT2D eigenvalue weighted by molar-refractivity contribution is 0.0370. The van der Waals surface area contributed by atoms with Gasteiger partial charge in [0.15, 0.2) is 0 Å². The molecule has 1 unspecified atom stereocenters. The molecule has 0 spiro atoms. The highest BCUT2D eigenvalue weighted by atomic mass is 16.5. The van der Waals surface area contributed by atoms with Crippen molar-refractivity contribution >= 4 is 0 Å². The van der Waals surface area contributed by atoms with Gasteiger partial charge in [-0.15, -0.1) is 0 Å². The molecular weight excluding hydrogens is 248 g/mol. The number of ether oxygens (including phenoxy) is 1. The van der Waals surface area contributed by atoms with Crippen molar-refractivity contribution < 1.29 is 4.74 Å². The van der Waals surface area contributed by atoms with E-state index in [1.807, 2.05) is 0 Å². The average Bonchev–Trinajstić information content (AvgIpc) is 2.45. The number of nitrogens with zero attached hydrogens (tertiary/aromatic N) is 2. The van der Waals surface area contributed by atoms with Gasteiger partial charge in [0, 0.05) is 19.6 Å². The standard InChI is InChI=1S/C17H24N2O/c1-17(2,3)16-6-4-14(5-7-16)15(12-18)13-19-8-10-20-11-9-19/h4-7,15H,8-11,13H2,1-3H3. The lowest BCUT2D eigenvalue weighted by Crippen LogP contribution is -2.38. The number of hydrogen-bond donors (Lipinski definition) is 0. The molecule has 1 aromatic carbocycles. The van der Waals surface area contributed by atoms with Gasteiger partial charge in [-0.3, -0.25) is 4.90 Å². The molecule has 108 valence electrons. The lowest BCUT2D eigenvalue weighted by atomic mass is 9.85. The predicted molar refractivity (Wildman–Crippen MR) is 80.8 cm³/mol. The summed E-state index contributed by atoms with van der Waals surface area (Å²) < 4.78 is 5.35. The van der Waals surface area contributed by atoms with Crippen molar-refractivity contribution in [3.63, 3.8) is 0 Å². The van der Waals surface area contributed by atoms with Crippen molar-refractivity contribution in [1.82, 2.24) is 4.90 Å². The van der Waals surface area contributed by atoms with Crippen LogP contribution in [0.2, 0.25) is 0 Å². The fourth-order valence-electron chi connectivity index (χ4n) is 2.48. The molecule has 1 saturated heterocycles. The Labute approximate surface area is 122 Å². The average molecular weight is 272 g/mol. The molecule has 2 rings (SSSR count). The minimum absolute atomic E-state index is 0.0536. The lowest BCUT2D eigenvalue weighted by Gasteiger charge is -2.28. The van der Waals surface area contributed by atoms with Gasteiger partial charge in [0.2, 0.25) is 0 Å². The highest BCUT2D eigenvalue weighted by Gasteiger charge is 2.19. The van der Waals surface area contributed by atoms with Gasteiger partial charge in [0.05, 0.1) is 25.2 Å². The fraction of sp³-hybridized carbons (Fsp3) is 0.588. The summed E-state index contributed by atoms with van der Waals surface area (Å²) in [5, 5.41) is 9.43. The monoisotopic (exact) mass is 272 g/mol. The Bertz CT molecular complexity index is 461. The van der Waals surface area contributed by atoms with Crippen molar-refractivity contribution in [2.75, 3.05) is 32.8 Å². The Morgan fingerprint density at radius 3 is 2.30 bits per heavy atom. The van der Waals surface area contributed by atoms with Crippen LogP contribution in [-0.2, 0) is 10.2 Å². The van der Waals surface area contributed by atoms with Crippen LogP contribution in [0.1, 0.15) is 37.8 Å². The summed E-state index contributed by atoms with van der Waals surface area (Å²) >= 11 is 0. The molecule has 1 atom stereocenters. The maximum Gasteiger partial charge on any atom is 0.0839 e. The highest BCUT2D eigenvalue weighted by Crippen LogP contribution is 2.25. The molecule has 0 aromatic heterocycles. The number of benzene rings is 1. The second-order valence-electron chi connectivity index (χ2n) is 6.47. The highest BCUT2D eigenvalue weighted by molar-refractivity contribution is 5.32. The largest absolute Gasteiger partial charge is 0.379 e. The summed E-state index contributed by atoms with van der Waals surface area (Å²) in [6, 6.07) is 11.0. The molecule has 1 aliphatic rings. The van der Waals surface area contributed by atoms with Crippen LogP contribution in [0.4, 0.5) is 0 Å². The van der Waals surface area contributed by atoms with Gasteiger partial charge in [-0.05, 0) is 16.5 Å². The van der Waals surface area contributed by atoms with E-state index in [2.05, 4.69) is 56.0 Å². The summed E-state index contributed by atoms with van der Waals surface area (Å²) in [5.74, 6) is -0.0536. The first-order valence-electron chi connectivity index (χ1n) is 7.31. The quantitative estimate of drug-likeness (QED) is 0.849. The number of rotatable bonds is 3. The Kier molecular flexibility index (Phi) is 4.80. The van der Waals surface area contributed by atoms with E-state index < -0.39 is 0 Å². The van der Waals surface area contributed by atoms with E-state index >= 15 is 0 Å². The fourth-order valence-corrected chi connectivity index (χ4v) is 2.48. The first kappa shape index (κ1) is 15.0. The molecule has 0 saturated carbocycles. The molecule has 3 nitrogen and oxygen atoms in total. The second kappa shape index (κ2) is 6.39. The van der Waals surface area contributed by atoms with Crippen molar-refractivity contribution in [2.24, 2.45) is 0 Å². The van der Waals surface area contributed by atoms with E-state index in [1.54, 1.807) is 0 Å². The van der Waals surface area contributed by atoms with E-state index in [1.165, 1.54) is 5.56 Å². The van der Waals surface area contributed by atoms with Crippen LogP contribution in [0.5, 0.6) is 0 Å². The number of hydrogen-bond acceptors (Lipinski definition) is 3. The Balaban J connectivity index is 2.06. The Morgan fingerprint density at radius 2 is 1.80 bits per heavy atom. The molecule has 0 radical (unpaired) electrons. The molecule has 1 aromatic rings. The van der Waals surface area contributed by atoms with Crippen molar-refractivity contribution in [1.29, 1.82) is 5.26 Å². The van der Waals surface area contributed by atoms with E-state index in [9.17, 15) is 5.26 Å². The van der Waals surface area contributed by atoms with E-state index in [4.69, 9.17) is 4.74 Å². The molecule has 20 heavy (non-hydrogen) atoms. The summed E-state index contributed by atoms with van der Waals surface area (Å²) in [6.45, 7) is 10.8. The third-order valence-electron chi connectivity index (χ3n) is 3.88. The third kappa shape index (κ3) is 3.82. The maximum atomic E-state index is 9.43. The minimum atomic E-state index is -0.0536. The Hall–Kier alpha value is -1.37. The van der Waals surface area contributed by atoms with Gasteiger partial charge in [-0.1, -0.05) is 45.0 Å². The van der Waals surface area contributed by atoms with Gasteiger partial charge in [0.25, 0.3) is 0 Å². The van der Waals surface area contributed by atoms with Crippen LogP contribution in [-0.4, -0.2) is 37.7 Å². The zero-order chi connectivity index (χ0) is 14.6. The van der Waals surface area contributed by atoms with Gasteiger partial charge < -0.3 is 4.74 Å². The molecule has 0 aliphatic carbocycles. The molecular formula is C17H24N2O. The molecule has 1 fully saturated rings. The summed E-state index contributed by atoms with van der Waals surface area (Å²) in [7, 11) is 0. The van der Waals surface area contributed by atoms with Crippen LogP contribution in [0.3, 0.4) is 0 Å². The van der Waals surface area contributed by atoms with Crippen LogP contribution in [0.25, 0.3) is 0 Å². The summed E-state index contributed by atoms with van der Waals surface area (Å²) in [4.78, 5) is 2.31. The van der Waals surface area contributed by atoms with Crippen LogP contribution in [0, 0.1) is 11.3 Å². The smallest absolute Gasteiger partial charge is 0.0839 e. The zero-order valence-corrected chi connectivity index (χ0v) is 12.7. The van der Waals surface area contributed by atoms with Crippen LogP contribution >= 0.6 is 0 Å². The molecule has 0 bridgehead atoms. The number of morpholine rings is 1.